The number of nitrogens with two attached hydrogens (primary N) is 1. The molecule has 0 bridgehead atoms. The molecule has 0 saturated carbocycles. The molecule has 0 aliphatic carbocycles. The summed E-state index contributed by atoms with van der Waals surface area (Å²) >= 11 is 3.45. The zero-order chi connectivity index (χ0) is 14.7. The Morgan fingerprint density at radius 1 is 1.20 bits per heavy atom. The molecule has 0 aliphatic heterocycles. The molecule has 2 rings (SSSR count). The summed E-state index contributed by atoms with van der Waals surface area (Å²) in [4.78, 5) is 12.0. The van der Waals surface area contributed by atoms with E-state index in [1.165, 1.54) is 0 Å². The van der Waals surface area contributed by atoms with E-state index in [4.69, 9.17) is 5.73 Å². The van der Waals surface area contributed by atoms with E-state index in [-0.39, 0.29) is 5.91 Å². The van der Waals surface area contributed by atoms with Crippen molar-refractivity contribution in [1.82, 2.24) is 0 Å². The molecular formula is C16H19BrN2O. The number of hydrogen-bond acceptors (Lipinski definition) is 2. The number of amides is 1. The number of benzene rings is 2. The van der Waals surface area contributed by atoms with Gasteiger partial charge in [0.25, 0.3) is 0 Å². The summed E-state index contributed by atoms with van der Waals surface area (Å²) in [5.74, 6) is 0.278. The molecule has 3 nitrogen and oxygen atoms in total. The molecule has 0 heterocycles. The van der Waals surface area contributed by atoms with Gasteiger partial charge in [-0.05, 0) is 47.4 Å². The monoisotopic (exact) mass is 334 g/mol. The minimum absolute atomic E-state index is 0.129. The van der Waals surface area contributed by atoms with Crippen molar-refractivity contribution >= 4 is 38.3 Å². The van der Waals surface area contributed by atoms with Crippen LogP contribution in [-0.2, 0) is 4.79 Å². The second-order valence-corrected chi connectivity index (χ2v) is 6.35. The molecule has 1 amide bonds. The van der Waals surface area contributed by atoms with Crippen molar-refractivity contribution in [2.24, 2.45) is 11.7 Å². The van der Waals surface area contributed by atoms with Gasteiger partial charge in [0.05, 0.1) is 6.04 Å². The molecule has 0 saturated heterocycles. The second-order valence-electron chi connectivity index (χ2n) is 5.43. The van der Waals surface area contributed by atoms with E-state index < -0.39 is 6.04 Å². The highest BCUT2D eigenvalue weighted by Crippen LogP contribution is 2.23. The van der Waals surface area contributed by atoms with E-state index in [0.29, 0.717) is 12.3 Å². The van der Waals surface area contributed by atoms with Crippen LogP contribution in [-0.4, -0.2) is 11.9 Å². The Bertz CT molecular complexity index is 625. The molecule has 106 valence electrons. The number of rotatable bonds is 4. The summed E-state index contributed by atoms with van der Waals surface area (Å²) in [6.07, 6.45) is 0.687. The lowest BCUT2D eigenvalue weighted by Gasteiger charge is -2.14. The predicted octanol–water partition coefficient (Wildman–Crippen LogP) is 3.91. The Hall–Kier alpha value is -1.39. The van der Waals surface area contributed by atoms with Crippen molar-refractivity contribution in [3.8, 4) is 0 Å². The lowest BCUT2D eigenvalue weighted by molar-refractivity contribution is -0.117. The van der Waals surface area contributed by atoms with Crippen LogP contribution in [0.25, 0.3) is 10.8 Å². The largest absolute Gasteiger partial charge is 0.325 e. The third-order valence-electron chi connectivity index (χ3n) is 3.13. The predicted molar refractivity (Wildman–Crippen MR) is 87.7 cm³/mol. The molecule has 0 aliphatic rings. The van der Waals surface area contributed by atoms with Crippen molar-refractivity contribution in [3.63, 3.8) is 0 Å². The fourth-order valence-corrected chi connectivity index (χ4v) is 2.52. The number of nitrogens with one attached hydrogen (secondary N) is 1. The summed E-state index contributed by atoms with van der Waals surface area (Å²) in [5.41, 5.74) is 6.66. The van der Waals surface area contributed by atoms with Gasteiger partial charge in [-0.25, -0.2) is 0 Å². The summed E-state index contributed by atoms with van der Waals surface area (Å²) in [5, 5.41) is 5.09. The summed E-state index contributed by atoms with van der Waals surface area (Å²) in [6.45, 7) is 4.11. The molecule has 1 atom stereocenters. The number of halogens is 1. The maximum Gasteiger partial charge on any atom is 0.241 e. The summed E-state index contributed by atoms with van der Waals surface area (Å²) in [6, 6.07) is 11.4. The minimum atomic E-state index is -0.462. The van der Waals surface area contributed by atoms with Crippen LogP contribution >= 0.6 is 15.9 Å². The average molecular weight is 335 g/mol. The van der Waals surface area contributed by atoms with Crippen LogP contribution in [0.2, 0.25) is 0 Å². The SMILES string of the molecule is CC(C)CC(N)C(=O)Nc1ccc2cc(Br)ccc2c1. The Morgan fingerprint density at radius 3 is 2.55 bits per heavy atom. The average Bonchev–Trinajstić information content (AvgIpc) is 2.38. The first-order valence-corrected chi connectivity index (χ1v) is 7.51. The summed E-state index contributed by atoms with van der Waals surface area (Å²) in [7, 11) is 0. The quantitative estimate of drug-likeness (QED) is 0.890. The topological polar surface area (TPSA) is 55.1 Å². The molecule has 0 radical (unpaired) electrons. The lowest BCUT2D eigenvalue weighted by Crippen LogP contribution is -2.36. The first kappa shape index (κ1) is 15.0. The van der Waals surface area contributed by atoms with Crippen LogP contribution < -0.4 is 11.1 Å². The van der Waals surface area contributed by atoms with Crippen LogP contribution in [0.5, 0.6) is 0 Å². The molecule has 4 heteroatoms. The normalized spacial score (nSPS) is 12.7. The van der Waals surface area contributed by atoms with Gasteiger partial charge in [-0.2, -0.15) is 0 Å². The van der Waals surface area contributed by atoms with E-state index >= 15 is 0 Å². The number of anilines is 1. The van der Waals surface area contributed by atoms with Crippen LogP contribution in [0.3, 0.4) is 0 Å². The Balaban J connectivity index is 2.13. The van der Waals surface area contributed by atoms with E-state index in [0.717, 1.165) is 20.9 Å². The molecule has 2 aromatic rings. The number of hydrogen-bond donors (Lipinski definition) is 2. The first-order chi connectivity index (χ1) is 9.45. The fourth-order valence-electron chi connectivity index (χ4n) is 2.14. The maximum absolute atomic E-state index is 12.0. The van der Waals surface area contributed by atoms with Crippen molar-refractivity contribution in [1.29, 1.82) is 0 Å². The van der Waals surface area contributed by atoms with Gasteiger partial charge >= 0.3 is 0 Å². The molecule has 0 aromatic heterocycles. The lowest BCUT2D eigenvalue weighted by atomic mass is 10.0. The van der Waals surface area contributed by atoms with Crippen LogP contribution in [0, 0.1) is 5.92 Å². The van der Waals surface area contributed by atoms with E-state index in [1.54, 1.807) is 0 Å². The van der Waals surface area contributed by atoms with Gasteiger partial charge in [0.15, 0.2) is 0 Å². The van der Waals surface area contributed by atoms with Crippen molar-refractivity contribution < 1.29 is 4.79 Å². The highest BCUT2D eigenvalue weighted by Gasteiger charge is 2.15. The highest BCUT2D eigenvalue weighted by atomic mass is 79.9. The standard InChI is InChI=1S/C16H19BrN2O/c1-10(2)7-15(18)16(20)19-14-6-4-11-8-13(17)5-3-12(11)9-14/h3-6,8-10,15H,7,18H2,1-2H3,(H,19,20). The third-order valence-corrected chi connectivity index (χ3v) is 3.63. The molecular weight excluding hydrogens is 316 g/mol. The summed E-state index contributed by atoms with van der Waals surface area (Å²) < 4.78 is 1.04. The smallest absolute Gasteiger partial charge is 0.241 e. The molecule has 20 heavy (non-hydrogen) atoms. The fraction of sp³-hybridized carbons (Fsp3) is 0.312. The minimum Gasteiger partial charge on any atom is -0.325 e. The van der Waals surface area contributed by atoms with E-state index in [1.807, 2.05) is 36.4 Å². The number of fused-ring (bicyclic) bond motifs is 1. The number of carbonyl (C=O) groups is 1. The van der Waals surface area contributed by atoms with Crippen LogP contribution in [0.15, 0.2) is 40.9 Å². The Kier molecular flexibility index (Phi) is 4.78. The van der Waals surface area contributed by atoms with Crippen molar-refractivity contribution in [2.45, 2.75) is 26.3 Å². The zero-order valence-corrected chi connectivity index (χ0v) is 13.3. The van der Waals surface area contributed by atoms with Gasteiger partial charge in [-0.1, -0.05) is 41.9 Å². The molecule has 1 unspecified atom stereocenters. The van der Waals surface area contributed by atoms with Gasteiger partial charge in [0, 0.05) is 10.2 Å². The van der Waals surface area contributed by atoms with Crippen molar-refractivity contribution in [2.75, 3.05) is 5.32 Å². The number of carbonyl (C=O) groups excluding carboxylic acids is 1. The van der Waals surface area contributed by atoms with Crippen molar-refractivity contribution in [3.05, 3.63) is 40.9 Å². The molecule has 2 aromatic carbocycles. The van der Waals surface area contributed by atoms with Gasteiger partial charge in [-0.15, -0.1) is 0 Å². The molecule has 0 fully saturated rings. The Labute approximate surface area is 127 Å². The first-order valence-electron chi connectivity index (χ1n) is 6.71. The van der Waals surface area contributed by atoms with Gasteiger partial charge in [-0.3, -0.25) is 4.79 Å². The van der Waals surface area contributed by atoms with Gasteiger partial charge in [0.2, 0.25) is 5.91 Å². The van der Waals surface area contributed by atoms with Gasteiger partial charge in [0.1, 0.15) is 0 Å². The molecule has 3 N–H and O–H groups in total. The Morgan fingerprint density at radius 2 is 1.85 bits per heavy atom. The maximum atomic E-state index is 12.0. The van der Waals surface area contributed by atoms with Gasteiger partial charge < -0.3 is 11.1 Å². The van der Waals surface area contributed by atoms with Crippen LogP contribution in [0.4, 0.5) is 5.69 Å². The van der Waals surface area contributed by atoms with Crippen LogP contribution in [0.1, 0.15) is 20.3 Å². The van der Waals surface area contributed by atoms with E-state index in [2.05, 4.69) is 35.1 Å². The molecule has 0 spiro atoms. The van der Waals surface area contributed by atoms with E-state index in [9.17, 15) is 4.79 Å². The second kappa shape index (κ2) is 6.37. The third kappa shape index (κ3) is 3.81. The zero-order valence-electron chi connectivity index (χ0n) is 11.7. The highest BCUT2D eigenvalue weighted by molar-refractivity contribution is 9.10.